The molecule has 1 aromatic carbocycles. The van der Waals surface area contributed by atoms with Gasteiger partial charge in [-0.25, -0.2) is 9.50 Å². The molecule has 0 radical (unpaired) electrons. The largest absolute Gasteiger partial charge is 0.369 e. The molecule has 1 amide bonds. The van der Waals surface area contributed by atoms with Crippen molar-refractivity contribution in [2.75, 3.05) is 31.1 Å². The summed E-state index contributed by atoms with van der Waals surface area (Å²) in [6.45, 7) is 8.05. The molecular formula is C23H28N6O. The zero-order chi connectivity index (χ0) is 20.7. The quantitative estimate of drug-likeness (QED) is 0.698. The van der Waals surface area contributed by atoms with Gasteiger partial charge in [-0.1, -0.05) is 37.3 Å². The first kappa shape index (κ1) is 19.1. The van der Waals surface area contributed by atoms with Gasteiger partial charge in [-0.3, -0.25) is 4.79 Å². The van der Waals surface area contributed by atoms with Gasteiger partial charge in [-0.15, -0.1) is 5.10 Å². The summed E-state index contributed by atoms with van der Waals surface area (Å²) < 4.78 is 1.75. The fraction of sp³-hybridized carbons (Fsp3) is 0.435. The van der Waals surface area contributed by atoms with Crippen LogP contribution in [0.3, 0.4) is 0 Å². The molecule has 5 rings (SSSR count). The Morgan fingerprint density at radius 3 is 2.90 bits per heavy atom. The van der Waals surface area contributed by atoms with Crippen molar-refractivity contribution in [3.8, 4) is 0 Å². The molecule has 2 aliphatic rings. The van der Waals surface area contributed by atoms with E-state index in [1.165, 1.54) is 5.56 Å². The van der Waals surface area contributed by atoms with Gasteiger partial charge in [0.15, 0.2) is 5.65 Å². The summed E-state index contributed by atoms with van der Waals surface area (Å²) in [5, 5.41) is 10.8. The van der Waals surface area contributed by atoms with Gasteiger partial charge in [0.25, 0.3) is 5.91 Å². The number of carbonyl (C=O) groups excluding carboxylic acids is 1. The number of aromatic nitrogens is 3. The molecule has 0 saturated carbocycles. The summed E-state index contributed by atoms with van der Waals surface area (Å²) >= 11 is 0. The van der Waals surface area contributed by atoms with Gasteiger partial charge in [0, 0.05) is 31.1 Å². The Hall–Kier alpha value is -2.93. The molecule has 7 heteroatoms. The first-order valence-electron chi connectivity index (χ1n) is 10.7. The van der Waals surface area contributed by atoms with Crippen LogP contribution in [0.2, 0.25) is 0 Å². The Balaban J connectivity index is 1.39. The lowest BCUT2D eigenvalue weighted by Gasteiger charge is -2.26. The van der Waals surface area contributed by atoms with Crippen LogP contribution in [0.15, 0.2) is 42.6 Å². The van der Waals surface area contributed by atoms with Crippen LogP contribution in [0.5, 0.6) is 0 Å². The molecule has 2 aromatic heterocycles. The standard InChI is InChI=1S/C23H28N6O/c1-16-12-19(28-11-9-23(2,15-28)17-6-4-3-5-7-17)14-29-21(16)26-20(27-29)22(30)25-18-8-10-24-13-18/h3-7,12,14,18,24H,8-11,13,15H2,1-2H3,(H,25,30)/t18?,23-/m0/s1. The zero-order valence-electron chi connectivity index (χ0n) is 17.6. The summed E-state index contributed by atoms with van der Waals surface area (Å²) in [6.07, 6.45) is 4.05. The van der Waals surface area contributed by atoms with E-state index >= 15 is 0 Å². The third-order valence-electron chi connectivity index (χ3n) is 6.51. The predicted molar refractivity (Wildman–Crippen MR) is 117 cm³/mol. The molecule has 1 unspecified atom stereocenters. The number of fused-ring (bicyclic) bond motifs is 1. The molecule has 2 fully saturated rings. The number of amides is 1. The fourth-order valence-corrected chi connectivity index (χ4v) is 4.69. The van der Waals surface area contributed by atoms with Crippen molar-refractivity contribution in [2.24, 2.45) is 0 Å². The Bertz CT molecular complexity index is 1070. The van der Waals surface area contributed by atoms with Crippen LogP contribution >= 0.6 is 0 Å². The van der Waals surface area contributed by atoms with Gasteiger partial charge >= 0.3 is 0 Å². The Kier molecular flexibility index (Phi) is 4.70. The summed E-state index contributed by atoms with van der Waals surface area (Å²) in [4.78, 5) is 19.5. The summed E-state index contributed by atoms with van der Waals surface area (Å²) in [6, 6.07) is 13.1. The molecule has 2 saturated heterocycles. The summed E-state index contributed by atoms with van der Waals surface area (Å²) in [7, 11) is 0. The fourth-order valence-electron chi connectivity index (χ4n) is 4.69. The highest BCUT2D eigenvalue weighted by Crippen LogP contribution is 2.36. The second-order valence-electron chi connectivity index (χ2n) is 8.85. The number of hydrogen-bond donors (Lipinski definition) is 2. The normalized spacial score (nSPS) is 23.9. The number of nitrogens with one attached hydrogen (secondary N) is 2. The number of hydrogen-bond acceptors (Lipinski definition) is 5. The van der Waals surface area contributed by atoms with Gasteiger partial charge in [0.2, 0.25) is 5.82 Å². The molecule has 156 valence electrons. The molecule has 3 aromatic rings. The minimum atomic E-state index is -0.203. The number of rotatable bonds is 4. The highest BCUT2D eigenvalue weighted by atomic mass is 16.2. The third-order valence-corrected chi connectivity index (χ3v) is 6.51. The lowest BCUT2D eigenvalue weighted by Crippen LogP contribution is -2.36. The van der Waals surface area contributed by atoms with Gasteiger partial charge in [-0.05, 0) is 43.5 Å². The SMILES string of the molecule is Cc1cc(N2CC[C@](C)(c3ccccc3)C2)cn2nc(C(=O)NC3CCNC3)nc12. The van der Waals surface area contributed by atoms with Crippen LogP contribution in [-0.4, -0.2) is 52.7 Å². The van der Waals surface area contributed by atoms with E-state index in [9.17, 15) is 4.79 Å². The predicted octanol–water partition coefficient (Wildman–Crippen LogP) is 2.30. The van der Waals surface area contributed by atoms with Crippen LogP contribution in [0, 0.1) is 6.92 Å². The number of benzene rings is 1. The number of aryl methyl sites for hydroxylation is 1. The molecule has 0 aliphatic carbocycles. The van der Waals surface area contributed by atoms with Crippen molar-refractivity contribution < 1.29 is 4.79 Å². The maximum Gasteiger partial charge on any atom is 0.291 e. The van der Waals surface area contributed by atoms with E-state index in [1.54, 1.807) is 4.52 Å². The topological polar surface area (TPSA) is 74.6 Å². The van der Waals surface area contributed by atoms with Crippen molar-refractivity contribution in [1.29, 1.82) is 0 Å². The van der Waals surface area contributed by atoms with Crippen molar-refractivity contribution in [3.63, 3.8) is 0 Å². The van der Waals surface area contributed by atoms with Crippen molar-refractivity contribution in [3.05, 3.63) is 59.5 Å². The number of anilines is 1. The van der Waals surface area contributed by atoms with Crippen LogP contribution in [0.4, 0.5) is 5.69 Å². The summed E-state index contributed by atoms with van der Waals surface area (Å²) in [5.74, 6) is 0.0314. The molecule has 2 atom stereocenters. The van der Waals surface area contributed by atoms with E-state index in [1.807, 2.05) is 13.1 Å². The van der Waals surface area contributed by atoms with Crippen molar-refractivity contribution >= 4 is 17.2 Å². The minimum absolute atomic E-state index is 0.132. The molecule has 2 N–H and O–H groups in total. The number of carbonyl (C=O) groups is 1. The number of nitrogens with zero attached hydrogens (tertiary/aromatic N) is 4. The average Bonchev–Trinajstić information content (AvgIpc) is 3.49. The van der Waals surface area contributed by atoms with Gasteiger partial charge in [0.1, 0.15) is 0 Å². The lowest BCUT2D eigenvalue weighted by atomic mass is 9.82. The van der Waals surface area contributed by atoms with Gasteiger partial charge < -0.3 is 15.5 Å². The van der Waals surface area contributed by atoms with E-state index in [4.69, 9.17) is 0 Å². The van der Waals surface area contributed by atoms with E-state index in [2.05, 4.69) is 68.9 Å². The average molecular weight is 405 g/mol. The summed E-state index contributed by atoms with van der Waals surface area (Å²) in [5.41, 5.74) is 4.39. The molecule has 4 heterocycles. The zero-order valence-corrected chi connectivity index (χ0v) is 17.6. The van der Waals surface area contributed by atoms with E-state index in [0.717, 1.165) is 55.9 Å². The maximum absolute atomic E-state index is 12.6. The van der Waals surface area contributed by atoms with Crippen LogP contribution < -0.4 is 15.5 Å². The molecule has 30 heavy (non-hydrogen) atoms. The van der Waals surface area contributed by atoms with E-state index < -0.39 is 0 Å². The van der Waals surface area contributed by atoms with Crippen molar-refractivity contribution in [2.45, 2.75) is 38.1 Å². The smallest absolute Gasteiger partial charge is 0.291 e. The number of pyridine rings is 1. The molecule has 0 spiro atoms. The minimum Gasteiger partial charge on any atom is -0.369 e. The molecule has 7 nitrogen and oxygen atoms in total. The molecule has 0 bridgehead atoms. The van der Waals surface area contributed by atoms with Gasteiger partial charge in [-0.2, -0.15) is 0 Å². The van der Waals surface area contributed by atoms with E-state index in [0.29, 0.717) is 0 Å². The monoisotopic (exact) mass is 404 g/mol. The van der Waals surface area contributed by atoms with E-state index in [-0.39, 0.29) is 23.2 Å². The third kappa shape index (κ3) is 3.43. The van der Waals surface area contributed by atoms with Crippen LogP contribution in [0.1, 0.15) is 41.5 Å². The Morgan fingerprint density at radius 2 is 2.13 bits per heavy atom. The second-order valence-corrected chi connectivity index (χ2v) is 8.85. The maximum atomic E-state index is 12.6. The lowest BCUT2D eigenvalue weighted by molar-refractivity contribution is 0.0930. The van der Waals surface area contributed by atoms with Crippen LogP contribution in [0.25, 0.3) is 5.65 Å². The molecular weight excluding hydrogens is 376 g/mol. The Labute approximate surface area is 176 Å². The molecule has 2 aliphatic heterocycles. The Morgan fingerprint density at radius 1 is 1.30 bits per heavy atom. The highest BCUT2D eigenvalue weighted by Gasteiger charge is 2.35. The van der Waals surface area contributed by atoms with Crippen molar-refractivity contribution in [1.82, 2.24) is 25.2 Å². The second kappa shape index (κ2) is 7.40. The first-order chi connectivity index (χ1) is 14.5. The first-order valence-corrected chi connectivity index (χ1v) is 10.7. The highest BCUT2D eigenvalue weighted by molar-refractivity contribution is 5.91. The van der Waals surface area contributed by atoms with Crippen LogP contribution in [-0.2, 0) is 5.41 Å². The van der Waals surface area contributed by atoms with Gasteiger partial charge in [0.05, 0.1) is 11.9 Å².